The molecule has 0 bridgehead atoms. The molecule has 0 radical (unpaired) electrons. The van der Waals surface area contributed by atoms with Gasteiger partial charge in [0.15, 0.2) is 0 Å². The Morgan fingerprint density at radius 3 is 2.57 bits per heavy atom. The fraction of sp³-hybridized carbons (Fsp3) is 0.143. The number of hydrogen-bond donors (Lipinski definition) is 3. The van der Waals surface area contributed by atoms with Crippen LogP contribution >= 0.6 is 15.9 Å². The Hall–Kier alpha value is -2.67. The topological polar surface area (TPSA) is 43.6 Å². The van der Waals surface area contributed by atoms with Gasteiger partial charge in [-0.1, -0.05) is 34.1 Å². The Morgan fingerprint density at radius 1 is 1.00 bits per heavy atom. The molecule has 1 aliphatic rings. The van der Waals surface area contributed by atoms with Crippen LogP contribution in [0, 0.1) is 0 Å². The van der Waals surface area contributed by atoms with Crippen LogP contribution in [0.1, 0.15) is 22.5 Å². The van der Waals surface area contributed by atoms with Crippen molar-refractivity contribution in [1.82, 2.24) is 9.97 Å². The first-order valence-electron chi connectivity index (χ1n) is 8.77. The average molecular weight is 446 g/mol. The van der Waals surface area contributed by atoms with Crippen molar-refractivity contribution in [1.29, 1.82) is 0 Å². The number of aromatic amines is 2. The highest BCUT2D eigenvalue weighted by molar-refractivity contribution is 9.10. The molecule has 0 fully saturated rings. The summed E-state index contributed by atoms with van der Waals surface area (Å²) in [6.07, 6.45) is -2.68. The molecule has 0 spiro atoms. The minimum absolute atomic E-state index is 0.0450. The van der Waals surface area contributed by atoms with E-state index in [9.17, 15) is 13.2 Å². The molecule has 3 N–H and O–H groups in total. The minimum Gasteiger partial charge on any atom is -0.362 e. The molecule has 2 aromatic heterocycles. The highest BCUT2D eigenvalue weighted by Gasteiger charge is 2.61. The van der Waals surface area contributed by atoms with Crippen LogP contribution in [0.2, 0.25) is 0 Å². The van der Waals surface area contributed by atoms with Crippen molar-refractivity contribution in [2.75, 3.05) is 5.32 Å². The number of benzene rings is 2. The molecule has 2 aromatic carbocycles. The van der Waals surface area contributed by atoms with Crippen molar-refractivity contribution < 1.29 is 13.2 Å². The summed E-state index contributed by atoms with van der Waals surface area (Å²) in [6, 6.07) is 15.7. The van der Waals surface area contributed by atoms with Crippen LogP contribution in [0.15, 0.2) is 65.3 Å². The lowest BCUT2D eigenvalue weighted by Gasteiger charge is -2.36. The highest BCUT2D eigenvalue weighted by Crippen LogP contribution is 2.50. The Balaban J connectivity index is 1.93. The van der Waals surface area contributed by atoms with Gasteiger partial charge in [0.25, 0.3) is 0 Å². The van der Waals surface area contributed by atoms with Crippen LogP contribution in [0.3, 0.4) is 0 Å². The van der Waals surface area contributed by atoms with Crippen molar-refractivity contribution in [3.8, 4) is 0 Å². The fourth-order valence-corrected chi connectivity index (χ4v) is 4.47. The Labute approximate surface area is 167 Å². The van der Waals surface area contributed by atoms with Crippen LogP contribution in [0.25, 0.3) is 10.9 Å². The van der Waals surface area contributed by atoms with Crippen molar-refractivity contribution in [2.45, 2.75) is 18.1 Å². The maximum atomic E-state index is 14.8. The number of H-pyrrole nitrogens is 2. The number of para-hydroxylation sites is 1. The van der Waals surface area contributed by atoms with Gasteiger partial charge < -0.3 is 15.3 Å². The maximum absolute atomic E-state index is 14.8. The maximum Gasteiger partial charge on any atom is 0.422 e. The van der Waals surface area contributed by atoms with Gasteiger partial charge in [-0.3, -0.25) is 0 Å². The third-order valence-corrected chi connectivity index (χ3v) is 5.87. The van der Waals surface area contributed by atoms with Gasteiger partial charge in [0.05, 0.1) is 11.4 Å². The summed E-state index contributed by atoms with van der Waals surface area (Å²) in [5.41, 5.74) is 0.360. The van der Waals surface area contributed by atoms with E-state index in [2.05, 4.69) is 31.2 Å². The summed E-state index contributed by atoms with van der Waals surface area (Å²) in [5.74, 6) is 0. The van der Waals surface area contributed by atoms with Gasteiger partial charge in [0.2, 0.25) is 5.54 Å². The summed E-state index contributed by atoms with van der Waals surface area (Å²) in [5, 5.41) is 3.63. The van der Waals surface area contributed by atoms with Crippen LogP contribution < -0.4 is 5.32 Å². The van der Waals surface area contributed by atoms with Gasteiger partial charge in [-0.15, -0.1) is 0 Å². The molecule has 0 saturated carbocycles. The predicted octanol–water partition coefficient (Wildman–Crippen LogP) is 6.08. The van der Waals surface area contributed by atoms with Crippen LogP contribution in [0.4, 0.5) is 18.9 Å². The van der Waals surface area contributed by atoms with Gasteiger partial charge in [-0.2, -0.15) is 13.2 Å². The molecule has 4 aromatic rings. The molecule has 0 saturated heterocycles. The van der Waals surface area contributed by atoms with E-state index in [1.54, 1.807) is 24.3 Å². The van der Waals surface area contributed by atoms with E-state index in [0.29, 0.717) is 23.2 Å². The second-order valence-corrected chi connectivity index (χ2v) is 7.87. The lowest BCUT2D eigenvalue weighted by molar-refractivity contribution is -0.171. The molecule has 0 aliphatic carbocycles. The number of aromatic nitrogens is 2. The average Bonchev–Trinajstić information content (AvgIpc) is 3.26. The SMILES string of the molecule is FC(F)(F)C1(c2ccc[nH]2)Nc2ccccc2Cc2c1[nH]c1ccc(Br)cc21. The Morgan fingerprint density at radius 2 is 1.82 bits per heavy atom. The first kappa shape index (κ1) is 17.4. The zero-order valence-corrected chi connectivity index (χ0v) is 16.1. The highest BCUT2D eigenvalue weighted by atomic mass is 79.9. The monoisotopic (exact) mass is 445 g/mol. The van der Waals surface area contributed by atoms with Crippen LogP contribution in [-0.4, -0.2) is 16.1 Å². The lowest BCUT2D eigenvalue weighted by atomic mass is 9.87. The number of nitrogens with one attached hydrogen (secondary N) is 3. The fourth-order valence-electron chi connectivity index (χ4n) is 4.11. The molecule has 28 heavy (non-hydrogen) atoms. The van der Waals surface area contributed by atoms with Crippen LogP contribution in [0.5, 0.6) is 0 Å². The first-order chi connectivity index (χ1) is 13.4. The number of hydrogen-bond acceptors (Lipinski definition) is 1. The Bertz CT molecular complexity index is 1180. The van der Waals surface area contributed by atoms with Crippen molar-refractivity contribution in [2.24, 2.45) is 0 Å². The second kappa shape index (κ2) is 5.91. The van der Waals surface area contributed by atoms with Gasteiger partial charge in [-0.05, 0) is 47.5 Å². The summed E-state index contributed by atoms with van der Waals surface area (Å²) in [6.45, 7) is 0. The van der Waals surface area contributed by atoms with E-state index in [0.717, 1.165) is 15.4 Å². The van der Waals surface area contributed by atoms with E-state index in [1.165, 1.54) is 12.3 Å². The number of anilines is 1. The van der Waals surface area contributed by atoms with E-state index in [4.69, 9.17) is 0 Å². The van der Waals surface area contributed by atoms with Gasteiger partial charge in [0.1, 0.15) is 0 Å². The molecule has 1 unspecified atom stereocenters. The molecule has 142 valence electrons. The summed E-state index contributed by atoms with van der Waals surface area (Å²) < 4.78 is 45.3. The molecular weight excluding hydrogens is 431 g/mol. The molecule has 1 atom stereocenters. The Kier molecular flexibility index (Phi) is 3.68. The summed E-state index contributed by atoms with van der Waals surface area (Å²) in [4.78, 5) is 5.88. The third kappa shape index (κ3) is 2.35. The van der Waals surface area contributed by atoms with Gasteiger partial charge in [0, 0.05) is 33.7 Å². The first-order valence-corrected chi connectivity index (χ1v) is 9.57. The largest absolute Gasteiger partial charge is 0.422 e. The molecule has 1 aliphatic heterocycles. The van der Waals surface area contributed by atoms with E-state index in [1.807, 2.05) is 24.3 Å². The molecule has 3 heterocycles. The summed E-state index contributed by atoms with van der Waals surface area (Å²) >= 11 is 3.45. The minimum atomic E-state index is -4.60. The number of fused-ring (bicyclic) bond motifs is 4. The van der Waals surface area contributed by atoms with E-state index >= 15 is 0 Å². The van der Waals surface area contributed by atoms with E-state index < -0.39 is 11.7 Å². The molecule has 5 rings (SSSR count). The van der Waals surface area contributed by atoms with Crippen LogP contribution in [-0.2, 0) is 12.0 Å². The second-order valence-electron chi connectivity index (χ2n) is 6.96. The number of alkyl halides is 3. The number of halogens is 4. The smallest absolute Gasteiger partial charge is 0.362 e. The van der Waals surface area contributed by atoms with Gasteiger partial charge >= 0.3 is 6.18 Å². The van der Waals surface area contributed by atoms with E-state index in [-0.39, 0.29) is 11.4 Å². The van der Waals surface area contributed by atoms with Crippen molar-refractivity contribution in [3.63, 3.8) is 0 Å². The third-order valence-electron chi connectivity index (χ3n) is 5.38. The predicted molar refractivity (Wildman–Crippen MR) is 106 cm³/mol. The lowest BCUT2D eigenvalue weighted by Crippen LogP contribution is -2.50. The molecule has 7 heteroatoms. The summed E-state index contributed by atoms with van der Waals surface area (Å²) in [7, 11) is 0. The van der Waals surface area contributed by atoms with Gasteiger partial charge in [-0.25, -0.2) is 0 Å². The van der Waals surface area contributed by atoms with Crippen molar-refractivity contribution >= 4 is 32.5 Å². The molecular formula is C21H15BrF3N3. The standard InChI is InChI=1S/C21H15BrF3N3/c22-13-7-8-17-14(11-13)15-10-12-4-1-2-5-16(12)28-20(19(15)27-17,21(23,24)25)18-6-3-9-26-18/h1-9,11,26-28H,10H2. The zero-order chi connectivity index (χ0) is 19.5. The number of rotatable bonds is 1. The quantitative estimate of drug-likeness (QED) is 0.326. The molecule has 3 nitrogen and oxygen atoms in total. The van der Waals surface area contributed by atoms with Crippen molar-refractivity contribution in [3.05, 3.63) is 87.8 Å². The normalized spacial score (nSPS) is 19.0. The zero-order valence-electron chi connectivity index (χ0n) is 14.5. The molecule has 0 amide bonds.